The van der Waals surface area contributed by atoms with Crippen molar-refractivity contribution in [3.05, 3.63) is 23.5 Å². The molecule has 0 radical (unpaired) electrons. The fraction of sp³-hybridized carbons (Fsp3) is 0.364. The number of H-pyrrole nitrogens is 1. The van der Waals surface area contributed by atoms with E-state index in [1.165, 1.54) is 10.5 Å². The molecular weight excluding hydrogens is 323 g/mol. The minimum atomic E-state index is -3.53. The van der Waals surface area contributed by atoms with E-state index in [9.17, 15) is 8.42 Å². The minimum Gasteiger partial charge on any atom is -0.345 e. The van der Waals surface area contributed by atoms with Crippen LogP contribution < -0.4 is 5.32 Å². The van der Waals surface area contributed by atoms with Crippen molar-refractivity contribution >= 4 is 45.1 Å². The Bertz CT molecular complexity index is 710. The van der Waals surface area contributed by atoms with E-state index in [1.807, 2.05) is 0 Å². The summed E-state index contributed by atoms with van der Waals surface area (Å²) in [7, 11) is -3.53. The molecule has 2 aromatic heterocycles. The Labute approximate surface area is 128 Å². The third-order valence-corrected chi connectivity index (χ3v) is 5.42. The number of piperazine rings is 1. The van der Waals surface area contributed by atoms with E-state index in [2.05, 4.69) is 15.3 Å². The van der Waals surface area contributed by atoms with E-state index in [0.717, 1.165) is 0 Å². The number of pyridine rings is 1. The molecule has 2 aromatic rings. The van der Waals surface area contributed by atoms with Gasteiger partial charge in [-0.25, -0.2) is 13.4 Å². The van der Waals surface area contributed by atoms with Gasteiger partial charge in [-0.15, -0.1) is 12.4 Å². The van der Waals surface area contributed by atoms with Crippen molar-refractivity contribution in [2.45, 2.75) is 4.90 Å². The first-order valence-electron chi connectivity index (χ1n) is 5.93. The Morgan fingerprint density at radius 2 is 2.00 bits per heavy atom. The molecule has 9 heteroatoms. The Hall–Kier alpha value is -0.860. The van der Waals surface area contributed by atoms with Gasteiger partial charge in [-0.05, 0) is 6.07 Å². The van der Waals surface area contributed by atoms with Gasteiger partial charge in [-0.2, -0.15) is 4.31 Å². The molecule has 20 heavy (non-hydrogen) atoms. The van der Waals surface area contributed by atoms with Crippen molar-refractivity contribution < 1.29 is 8.42 Å². The van der Waals surface area contributed by atoms with E-state index in [4.69, 9.17) is 11.6 Å². The zero-order valence-electron chi connectivity index (χ0n) is 10.5. The van der Waals surface area contributed by atoms with Crippen LogP contribution >= 0.6 is 24.0 Å². The Balaban J connectivity index is 0.00000147. The van der Waals surface area contributed by atoms with Gasteiger partial charge in [0.15, 0.2) is 0 Å². The third kappa shape index (κ3) is 2.51. The molecule has 2 N–H and O–H groups in total. The molecule has 0 atom stereocenters. The SMILES string of the molecule is Cl.O=S(=O)(c1c[nH]c2nccc(Cl)c12)N1CCNCC1. The van der Waals surface area contributed by atoms with Crippen molar-refractivity contribution in [1.29, 1.82) is 0 Å². The van der Waals surface area contributed by atoms with Crippen LogP contribution in [0, 0.1) is 0 Å². The second-order valence-corrected chi connectivity index (χ2v) is 6.64. The van der Waals surface area contributed by atoms with Gasteiger partial charge >= 0.3 is 0 Å². The highest BCUT2D eigenvalue weighted by Gasteiger charge is 2.29. The van der Waals surface area contributed by atoms with Crippen molar-refractivity contribution in [3.8, 4) is 0 Å². The molecule has 3 heterocycles. The summed E-state index contributed by atoms with van der Waals surface area (Å²) in [5.74, 6) is 0. The normalized spacial score (nSPS) is 17.1. The zero-order valence-corrected chi connectivity index (χ0v) is 12.9. The molecule has 110 valence electrons. The first-order chi connectivity index (χ1) is 9.10. The quantitative estimate of drug-likeness (QED) is 0.864. The second-order valence-electron chi connectivity index (χ2n) is 4.32. The van der Waals surface area contributed by atoms with Gasteiger partial charge in [0.25, 0.3) is 0 Å². The number of halogens is 2. The molecule has 0 saturated carbocycles. The Morgan fingerprint density at radius 3 is 2.70 bits per heavy atom. The molecule has 1 saturated heterocycles. The molecule has 1 fully saturated rings. The monoisotopic (exact) mass is 336 g/mol. The highest BCUT2D eigenvalue weighted by atomic mass is 35.5. The first-order valence-corrected chi connectivity index (χ1v) is 7.75. The maximum atomic E-state index is 12.6. The average molecular weight is 337 g/mol. The van der Waals surface area contributed by atoms with Gasteiger partial charge in [-0.3, -0.25) is 0 Å². The average Bonchev–Trinajstić information content (AvgIpc) is 2.86. The summed E-state index contributed by atoms with van der Waals surface area (Å²) in [6.07, 6.45) is 3.00. The largest absolute Gasteiger partial charge is 0.345 e. The van der Waals surface area contributed by atoms with Crippen LogP contribution in [0.25, 0.3) is 11.0 Å². The third-order valence-electron chi connectivity index (χ3n) is 3.18. The number of rotatable bonds is 2. The number of hydrogen-bond donors (Lipinski definition) is 2. The highest BCUT2D eigenvalue weighted by molar-refractivity contribution is 7.89. The van der Waals surface area contributed by atoms with Gasteiger partial charge in [0.05, 0.1) is 10.4 Å². The second kappa shape index (κ2) is 5.87. The summed E-state index contributed by atoms with van der Waals surface area (Å²) in [6.45, 7) is 2.25. The maximum absolute atomic E-state index is 12.6. The fourth-order valence-corrected chi connectivity index (χ4v) is 4.13. The van der Waals surface area contributed by atoms with Crippen LogP contribution in [0.2, 0.25) is 5.02 Å². The first kappa shape index (κ1) is 15.5. The number of aromatic nitrogens is 2. The van der Waals surface area contributed by atoms with Crippen LogP contribution in [0.4, 0.5) is 0 Å². The summed E-state index contributed by atoms with van der Waals surface area (Å²) in [5.41, 5.74) is 0.487. The lowest BCUT2D eigenvalue weighted by Crippen LogP contribution is -2.46. The minimum absolute atomic E-state index is 0. The molecule has 1 aliphatic heterocycles. The predicted octanol–water partition coefficient (Wildman–Crippen LogP) is 1.23. The molecule has 0 spiro atoms. The summed E-state index contributed by atoms with van der Waals surface area (Å²) < 4.78 is 26.7. The molecule has 0 aromatic carbocycles. The van der Waals surface area contributed by atoms with Crippen LogP contribution in [0.1, 0.15) is 0 Å². The topological polar surface area (TPSA) is 78.1 Å². The number of aromatic amines is 1. The summed E-state index contributed by atoms with van der Waals surface area (Å²) in [5, 5.41) is 3.98. The van der Waals surface area contributed by atoms with Crippen LogP contribution in [-0.2, 0) is 10.0 Å². The maximum Gasteiger partial charge on any atom is 0.245 e. The molecule has 0 unspecified atom stereocenters. The van der Waals surface area contributed by atoms with Gasteiger partial charge in [-0.1, -0.05) is 11.6 Å². The zero-order chi connectivity index (χ0) is 13.5. The molecule has 0 aliphatic carbocycles. The fourth-order valence-electron chi connectivity index (χ4n) is 2.22. The number of nitrogens with zero attached hydrogens (tertiary/aromatic N) is 2. The van der Waals surface area contributed by atoms with E-state index in [1.54, 1.807) is 12.3 Å². The van der Waals surface area contributed by atoms with E-state index in [-0.39, 0.29) is 17.3 Å². The smallest absolute Gasteiger partial charge is 0.245 e. The predicted molar refractivity (Wildman–Crippen MR) is 80.0 cm³/mol. The van der Waals surface area contributed by atoms with Crippen LogP contribution in [0.15, 0.2) is 23.4 Å². The molecule has 1 aliphatic rings. The van der Waals surface area contributed by atoms with E-state index >= 15 is 0 Å². The number of nitrogens with one attached hydrogen (secondary N) is 2. The molecule has 6 nitrogen and oxygen atoms in total. The summed E-state index contributed by atoms with van der Waals surface area (Å²) in [4.78, 5) is 7.14. The van der Waals surface area contributed by atoms with E-state index in [0.29, 0.717) is 42.2 Å². The summed E-state index contributed by atoms with van der Waals surface area (Å²) >= 11 is 6.09. The molecule has 3 rings (SSSR count). The van der Waals surface area contributed by atoms with Gasteiger partial charge in [0.2, 0.25) is 10.0 Å². The van der Waals surface area contributed by atoms with Crippen LogP contribution in [0.5, 0.6) is 0 Å². The van der Waals surface area contributed by atoms with Crippen molar-refractivity contribution in [1.82, 2.24) is 19.6 Å². The number of sulfonamides is 1. The summed E-state index contributed by atoms with van der Waals surface area (Å²) in [6, 6.07) is 1.59. The van der Waals surface area contributed by atoms with Crippen molar-refractivity contribution in [2.75, 3.05) is 26.2 Å². The lowest BCUT2D eigenvalue weighted by molar-refractivity contribution is 0.360. The molecule has 0 bridgehead atoms. The molecule has 0 amide bonds. The highest BCUT2D eigenvalue weighted by Crippen LogP contribution is 2.30. The van der Waals surface area contributed by atoms with E-state index < -0.39 is 10.0 Å². The lowest BCUT2D eigenvalue weighted by Gasteiger charge is -2.26. The standard InChI is InChI=1S/C11H13ClN4O2S.ClH/c12-8-1-2-14-11-10(8)9(7-15-11)19(17,18)16-5-3-13-4-6-16;/h1-2,7,13H,3-6H2,(H,14,15);1H. The molecular formula is C11H14Cl2N4O2S. The van der Waals surface area contributed by atoms with Gasteiger partial charge in [0.1, 0.15) is 10.5 Å². The van der Waals surface area contributed by atoms with Crippen LogP contribution in [-0.4, -0.2) is 48.9 Å². The van der Waals surface area contributed by atoms with Gasteiger partial charge in [0, 0.05) is 38.6 Å². The van der Waals surface area contributed by atoms with Crippen LogP contribution in [0.3, 0.4) is 0 Å². The Morgan fingerprint density at radius 1 is 1.30 bits per heavy atom. The number of fused-ring (bicyclic) bond motifs is 1. The van der Waals surface area contributed by atoms with Crippen molar-refractivity contribution in [3.63, 3.8) is 0 Å². The van der Waals surface area contributed by atoms with Gasteiger partial charge < -0.3 is 10.3 Å². The Kier molecular flexibility index (Phi) is 4.55. The number of hydrogen-bond acceptors (Lipinski definition) is 4. The lowest BCUT2D eigenvalue weighted by atomic mass is 10.3. The van der Waals surface area contributed by atoms with Crippen molar-refractivity contribution in [2.24, 2.45) is 0 Å².